The van der Waals surface area contributed by atoms with Crippen molar-refractivity contribution in [3.63, 3.8) is 0 Å². The van der Waals surface area contributed by atoms with Crippen molar-refractivity contribution in [1.82, 2.24) is 0 Å². The van der Waals surface area contributed by atoms with E-state index in [9.17, 15) is 10.1 Å². The van der Waals surface area contributed by atoms with E-state index in [-0.39, 0.29) is 24.1 Å². The third kappa shape index (κ3) is 4.22. The summed E-state index contributed by atoms with van der Waals surface area (Å²) in [5.74, 6) is 0. The predicted molar refractivity (Wildman–Crippen MR) is 67.5 cm³/mol. The number of nitrogens with two attached hydrogens (primary N) is 1. The first-order valence-corrected chi connectivity index (χ1v) is 4.82. The quantitative estimate of drug-likeness (QED) is 0.647. The molecule has 1 unspecified atom stereocenters. The molecule has 5 nitrogen and oxygen atoms in total. The lowest BCUT2D eigenvalue weighted by atomic mass is 10.2. The van der Waals surface area contributed by atoms with Crippen LogP contribution in [0.15, 0.2) is 18.2 Å². The van der Waals surface area contributed by atoms with Crippen LogP contribution in [0.3, 0.4) is 0 Å². The van der Waals surface area contributed by atoms with Crippen LogP contribution < -0.4 is 11.1 Å². The number of nitro groups is 1. The summed E-state index contributed by atoms with van der Waals surface area (Å²) in [5, 5.41) is 13.9. The van der Waals surface area contributed by atoms with Crippen LogP contribution in [-0.2, 0) is 0 Å². The van der Waals surface area contributed by atoms with E-state index in [4.69, 9.17) is 17.3 Å². The summed E-state index contributed by atoms with van der Waals surface area (Å²) < 4.78 is 0. The number of benzene rings is 1. The van der Waals surface area contributed by atoms with Gasteiger partial charge < -0.3 is 11.1 Å². The van der Waals surface area contributed by atoms with Crippen LogP contribution in [-0.4, -0.2) is 17.5 Å². The molecule has 0 radical (unpaired) electrons. The molecule has 0 aliphatic rings. The topological polar surface area (TPSA) is 81.2 Å². The molecule has 1 aromatic rings. The van der Waals surface area contributed by atoms with E-state index in [2.05, 4.69) is 5.32 Å². The first-order valence-electron chi connectivity index (χ1n) is 4.44. The molecular weight excluding hydrogens is 253 g/mol. The number of halogens is 2. The largest absolute Gasteiger partial charge is 0.378 e. The summed E-state index contributed by atoms with van der Waals surface area (Å²) in [6, 6.07) is 4.41. The molecule has 90 valence electrons. The highest BCUT2D eigenvalue weighted by molar-refractivity contribution is 6.30. The molecule has 0 fully saturated rings. The lowest BCUT2D eigenvalue weighted by Gasteiger charge is -2.09. The van der Waals surface area contributed by atoms with E-state index >= 15 is 0 Å². The second-order valence-electron chi connectivity index (χ2n) is 3.28. The van der Waals surface area contributed by atoms with Gasteiger partial charge in [-0.2, -0.15) is 0 Å². The Bertz CT molecular complexity index is 372. The first kappa shape index (κ1) is 15.0. The molecule has 0 saturated heterocycles. The van der Waals surface area contributed by atoms with Crippen molar-refractivity contribution in [2.24, 2.45) is 5.73 Å². The Balaban J connectivity index is 0.00000225. The van der Waals surface area contributed by atoms with Gasteiger partial charge in [-0.3, -0.25) is 10.1 Å². The Morgan fingerprint density at radius 2 is 2.25 bits per heavy atom. The van der Waals surface area contributed by atoms with Crippen LogP contribution in [0.1, 0.15) is 6.92 Å². The second-order valence-corrected chi connectivity index (χ2v) is 3.71. The molecule has 0 heterocycles. The fourth-order valence-corrected chi connectivity index (χ4v) is 1.24. The Morgan fingerprint density at radius 1 is 1.62 bits per heavy atom. The van der Waals surface area contributed by atoms with Gasteiger partial charge in [-0.15, -0.1) is 12.4 Å². The first-order chi connectivity index (χ1) is 7.00. The fourth-order valence-electron chi connectivity index (χ4n) is 1.08. The number of nitro benzene ring substituents is 1. The van der Waals surface area contributed by atoms with Crippen LogP contribution in [0.25, 0.3) is 0 Å². The zero-order valence-corrected chi connectivity index (χ0v) is 10.2. The number of hydrogen-bond donors (Lipinski definition) is 2. The van der Waals surface area contributed by atoms with Crippen molar-refractivity contribution in [3.8, 4) is 0 Å². The molecule has 0 bridgehead atoms. The van der Waals surface area contributed by atoms with Crippen molar-refractivity contribution in [2.75, 3.05) is 11.9 Å². The summed E-state index contributed by atoms with van der Waals surface area (Å²) in [5.41, 5.74) is 5.93. The van der Waals surface area contributed by atoms with Gasteiger partial charge in [-0.05, 0) is 19.1 Å². The average Bonchev–Trinajstić information content (AvgIpc) is 2.15. The van der Waals surface area contributed by atoms with E-state index in [0.717, 1.165) is 0 Å². The van der Waals surface area contributed by atoms with Crippen LogP contribution in [0.5, 0.6) is 0 Å². The molecule has 0 aromatic heterocycles. The molecule has 1 aromatic carbocycles. The van der Waals surface area contributed by atoms with Gasteiger partial charge >= 0.3 is 0 Å². The molecule has 0 saturated carbocycles. The maximum Gasteiger partial charge on any atom is 0.293 e. The highest BCUT2D eigenvalue weighted by atomic mass is 35.5. The number of rotatable bonds is 4. The highest BCUT2D eigenvalue weighted by Gasteiger charge is 2.13. The zero-order chi connectivity index (χ0) is 11.4. The maximum absolute atomic E-state index is 10.7. The van der Waals surface area contributed by atoms with Crippen LogP contribution in [0, 0.1) is 10.1 Å². The second kappa shape index (κ2) is 6.52. The summed E-state index contributed by atoms with van der Waals surface area (Å²) in [6.07, 6.45) is 0. The highest BCUT2D eigenvalue weighted by Crippen LogP contribution is 2.27. The molecular formula is C9H13Cl2N3O2. The Labute approximate surface area is 105 Å². The van der Waals surface area contributed by atoms with E-state index in [1.165, 1.54) is 6.07 Å². The predicted octanol–water partition coefficient (Wildman–Crippen LogP) is 2.43. The lowest BCUT2D eigenvalue weighted by molar-refractivity contribution is -0.383. The molecule has 0 spiro atoms. The minimum atomic E-state index is -0.477. The zero-order valence-electron chi connectivity index (χ0n) is 8.64. The Morgan fingerprint density at radius 3 is 2.75 bits per heavy atom. The van der Waals surface area contributed by atoms with E-state index in [1.807, 2.05) is 6.92 Å². The lowest BCUT2D eigenvalue weighted by Crippen LogP contribution is -2.25. The van der Waals surface area contributed by atoms with Gasteiger partial charge in [0.15, 0.2) is 0 Å². The van der Waals surface area contributed by atoms with Crippen molar-refractivity contribution in [3.05, 3.63) is 33.3 Å². The van der Waals surface area contributed by atoms with Crippen molar-refractivity contribution in [1.29, 1.82) is 0 Å². The molecule has 16 heavy (non-hydrogen) atoms. The Kier molecular flexibility index (Phi) is 6.10. The third-order valence-electron chi connectivity index (χ3n) is 1.77. The smallest absolute Gasteiger partial charge is 0.293 e. The van der Waals surface area contributed by atoms with E-state index < -0.39 is 4.92 Å². The standard InChI is InChI=1S/C9H12ClN3O2.ClH/c1-6(11)5-12-8-3-2-7(10)4-9(8)13(14)15;/h2-4,6,12H,5,11H2,1H3;1H. The summed E-state index contributed by atoms with van der Waals surface area (Å²) in [6.45, 7) is 2.29. The molecule has 1 atom stereocenters. The normalized spacial score (nSPS) is 11.4. The maximum atomic E-state index is 10.7. The Hall–Kier alpha value is -1.04. The monoisotopic (exact) mass is 265 g/mol. The minimum Gasteiger partial charge on any atom is -0.378 e. The van der Waals surface area contributed by atoms with Crippen molar-refractivity contribution < 1.29 is 4.92 Å². The summed E-state index contributed by atoms with van der Waals surface area (Å²) >= 11 is 5.67. The number of nitrogens with one attached hydrogen (secondary N) is 1. The molecule has 3 N–H and O–H groups in total. The van der Waals surface area contributed by atoms with Gasteiger partial charge in [-0.25, -0.2) is 0 Å². The van der Waals surface area contributed by atoms with Crippen LogP contribution in [0.2, 0.25) is 5.02 Å². The molecule has 0 aliphatic heterocycles. The minimum absolute atomic E-state index is 0. The number of hydrogen-bond acceptors (Lipinski definition) is 4. The average molecular weight is 266 g/mol. The number of nitrogens with zero attached hydrogens (tertiary/aromatic N) is 1. The van der Waals surface area contributed by atoms with Gasteiger partial charge in [0.1, 0.15) is 5.69 Å². The summed E-state index contributed by atoms with van der Waals surface area (Å²) in [4.78, 5) is 10.2. The molecule has 0 aliphatic carbocycles. The summed E-state index contributed by atoms with van der Waals surface area (Å²) in [7, 11) is 0. The van der Waals surface area contributed by atoms with E-state index in [0.29, 0.717) is 17.3 Å². The fraction of sp³-hybridized carbons (Fsp3) is 0.333. The molecule has 1 rings (SSSR count). The van der Waals surface area contributed by atoms with Gasteiger partial charge in [0.2, 0.25) is 0 Å². The van der Waals surface area contributed by atoms with Crippen LogP contribution >= 0.6 is 24.0 Å². The molecule has 7 heteroatoms. The number of anilines is 1. The van der Waals surface area contributed by atoms with Gasteiger partial charge in [0, 0.05) is 23.7 Å². The van der Waals surface area contributed by atoms with Crippen LogP contribution in [0.4, 0.5) is 11.4 Å². The SMILES string of the molecule is CC(N)CNc1ccc(Cl)cc1[N+](=O)[O-].Cl. The van der Waals surface area contributed by atoms with Crippen molar-refractivity contribution >= 4 is 35.4 Å². The van der Waals surface area contributed by atoms with Gasteiger partial charge in [-0.1, -0.05) is 11.6 Å². The van der Waals surface area contributed by atoms with E-state index in [1.54, 1.807) is 12.1 Å². The van der Waals surface area contributed by atoms with Crippen molar-refractivity contribution in [2.45, 2.75) is 13.0 Å². The third-order valence-corrected chi connectivity index (χ3v) is 2.01. The van der Waals surface area contributed by atoms with Gasteiger partial charge in [0.25, 0.3) is 5.69 Å². The molecule has 0 amide bonds. The van der Waals surface area contributed by atoms with Gasteiger partial charge in [0.05, 0.1) is 4.92 Å².